The van der Waals surface area contributed by atoms with E-state index < -0.39 is 11.9 Å². The van der Waals surface area contributed by atoms with E-state index in [9.17, 15) is 9.59 Å². The Labute approximate surface area is 121 Å². The summed E-state index contributed by atoms with van der Waals surface area (Å²) >= 11 is 0. The molecule has 2 rings (SSSR count). The van der Waals surface area contributed by atoms with Gasteiger partial charge in [-0.1, -0.05) is 18.2 Å². The number of hydrogen-bond donors (Lipinski definition) is 3. The normalized spacial score (nSPS) is 9.90. The number of nitrogens with two attached hydrogens (primary N) is 2. The van der Waals surface area contributed by atoms with E-state index in [-0.39, 0.29) is 12.2 Å². The predicted octanol–water partition coefficient (Wildman–Crippen LogP) is 1.65. The summed E-state index contributed by atoms with van der Waals surface area (Å²) in [5.41, 5.74) is 12.7. The van der Waals surface area contributed by atoms with Crippen molar-refractivity contribution in [3.63, 3.8) is 0 Å². The van der Waals surface area contributed by atoms with Gasteiger partial charge in [-0.2, -0.15) is 0 Å². The molecule has 0 atom stereocenters. The van der Waals surface area contributed by atoms with Gasteiger partial charge in [0.15, 0.2) is 6.61 Å². The zero-order valence-electron chi connectivity index (χ0n) is 11.2. The third kappa shape index (κ3) is 4.24. The Balaban J connectivity index is 1.90. The maximum atomic E-state index is 11.8. The molecule has 0 saturated carbocycles. The molecule has 0 spiro atoms. The number of rotatable bonds is 4. The summed E-state index contributed by atoms with van der Waals surface area (Å²) < 4.78 is 4.91. The van der Waals surface area contributed by atoms with Crippen LogP contribution in [-0.4, -0.2) is 18.5 Å². The molecule has 1 amide bonds. The number of benzene rings is 2. The molecule has 0 fully saturated rings. The first-order valence-corrected chi connectivity index (χ1v) is 6.22. The molecule has 0 aliphatic carbocycles. The highest BCUT2D eigenvalue weighted by atomic mass is 16.5. The monoisotopic (exact) mass is 285 g/mol. The quantitative estimate of drug-likeness (QED) is 0.584. The molecular weight excluding hydrogens is 270 g/mol. The van der Waals surface area contributed by atoms with Crippen molar-refractivity contribution in [2.24, 2.45) is 0 Å². The Morgan fingerprint density at radius 2 is 1.62 bits per heavy atom. The summed E-state index contributed by atoms with van der Waals surface area (Å²) in [4.78, 5) is 23.4. The van der Waals surface area contributed by atoms with Gasteiger partial charge >= 0.3 is 5.97 Å². The van der Waals surface area contributed by atoms with Crippen molar-refractivity contribution in [3.8, 4) is 0 Å². The first kappa shape index (κ1) is 14.4. The van der Waals surface area contributed by atoms with Gasteiger partial charge in [-0.05, 0) is 30.3 Å². The molecule has 0 aliphatic heterocycles. The Morgan fingerprint density at radius 1 is 1.00 bits per heavy atom. The number of nitrogens with one attached hydrogen (secondary N) is 1. The number of esters is 1. The second-order valence-electron chi connectivity index (χ2n) is 4.38. The topological polar surface area (TPSA) is 107 Å². The molecule has 0 aromatic heterocycles. The number of nitrogen functional groups attached to an aromatic ring is 2. The van der Waals surface area contributed by atoms with Crippen LogP contribution in [0.4, 0.5) is 17.1 Å². The minimum atomic E-state index is -0.655. The standard InChI is InChI=1S/C15H15N3O3/c16-11-6-10(7-12(17)8-11)15(20)21-9-14(19)18-13-4-2-1-3-5-13/h1-8H,9,16-17H2,(H,18,19). The molecule has 0 bridgehead atoms. The highest BCUT2D eigenvalue weighted by molar-refractivity contribution is 5.96. The van der Waals surface area contributed by atoms with Gasteiger partial charge in [0.1, 0.15) is 0 Å². The molecular formula is C15H15N3O3. The van der Waals surface area contributed by atoms with E-state index in [0.29, 0.717) is 17.1 Å². The lowest BCUT2D eigenvalue weighted by molar-refractivity contribution is -0.119. The van der Waals surface area contributed by atoms with Crippen molar-refractivity contribution in [3.05, 3.63) is 54.1 Å². The average Bonchev–Trinajstić information content (AvgIpc) is 2.45. The van der Waals surface area contributed by atoms with Gasteiger partial charge in [-0.15, -0.1) is 0 Å². The number of anilines is 3. The van der Waals surface area contributed by atoms with Gasteiger partial charge in [0.05, 0.1) is 5.56 Å². The van der Waals surface area contributed by atoms with Gasteiger partial charge in [-0.3, -0.25) is 4.79 Å². The number of amides is 1. The van der Waals surface area contributed by atoms with Gasteiger partial charge in [0.2, 0.25) is 0 Å². The number of carbonyl (C=O) groups excluding carboxylic acids is 2. The molecule has 0 heterocycles. The van der Waals surface area contributed by atoms with E-state index in [1.807, 2.05) is 6.07 Å². The molecule has 6 heteroatoms. The van der Waals surface area contributed by atoms with Crippen LogP contribution in [0.1, 0.15) is 10.4 Å². The Kier molecular flexibility index (Phi) is 4.40. The summed E-state index contributed by atoms with van der Waals surface area (Å²) in [6, 6.07) is 13.3. The van der Waals surface area contributed by atoms with Crippen LogP contribution in [0.5, 0.6) is 0 Å². The minimum Gasteiger partial charge on any atom is -0.452 e. The fraction of sp³-hybridized carbons (Fsp3) is 0.0667. The smallest absolute Gasteiger partial charge is 0.338 e. The second kappa shape index (κ2) is 6.42. The van der Waals surface area contributed by atoms with Crippen LogP contribution in [0, 0.1) is 0 Å². The molecule has 2 aromatic rings. The minimum absolute atomic E-state index is 0.208. The zero-order valence-corrected chi connectivity index (χ0v) is 11.2. The molecule has 0 unspecified atom stereocenters. The van der Waals surface area contributed by atoms with Crippen LogP contribution >= 0.6 is 0 Å². The molecule has 0 saturated heterocycles. The summed E-state index contributed by atoms with van der Waals surface area (Å²) in [5.74, 6) is -1.08. The van der Waals surface area contributed by atoms with E-state index in [2.05, 4.69) is 5.32 Å². The van der Waals surface area contributed by atoms with E-state index in [1.54, 1.807) is 24.3 Å². The van der Waals surface area contributed by atoms with Crippen molar-refractivity contribution in [2.45, 2.75) is 0 Å². The van der Waals surface area contributed by atoms with Gasteiger partial charge in [-0.25, -0.2) is 4.79 Å². The largest absolute Gasteiger partial charge is 0.452 e. The molecule has 0 radical (unpaired) electrons. The number of para-hydroxylation sites is 1. The molecule has 108 valence electrons. The van der Waals surface area contributed by atoms with Crippen LogP contribution in [0.15, 0.2) is 48.5 Å². The van der Waals surface area contributed by atoms with E-state index in [0.717, 1.165) is 0 Å². The SMILES string of the molecule is Nc1cc(N)cc(C(=O)OCC(=O)Nc2ccccc2)c1. The first-order chi connectivity index (χ1) is 10.0. The summed E-state index contributed by atoms with van der Waals surface area (Å²) in [6.45, 7) is -0.386. The average molecular weight is 285 g/mol. The molecule has 2 aromatic carbocycles. The third-order valence-electron chi connectivity index (χ3n) is 2.61. The van der Waals surface area contributed by atoms with Crippen molar-refractivity contribution in [2.75, 3.05) is 23.4 Å². The second-order valence-corrected chi connectivity index (χ2v) is 4.38. The molecule has 21 heavy (non-hydrogen) atoms. The van der Waals surface area contributed by atoms with Crippen LogP contribution in [-0.2, 0) is 9.53 Å². The summed E-state index contributed by atoms with van der Waals surface area (Å²) in [5, 5.41) is 2.61. The van der Waals surface area contributed by atoms with E-state index >= 15 is 0 Å². The van der Waals surface area contributed by atoms with Crippen LogP contribution in [0.25, 0.3) is 0 Å². The Bertz CT molecular complexity index is 636. The number of ether oxygens (including phenoxy) is 1. The molecule has 6 nitrogen and oxygen atoms in total. The fourth-order valence-corrected chi connectivity index (χ4v) is 1.73. The number of carbonyl (C=O) groups is 2. The lowest BCUT2D eigenvalue weighted by atomic mass is 10.2. The van der Waals surface area contributed by atoms with Gasteiger partial charge in [0, 0.05) is 17.1 Å². The van der Waals surface area contributed by atoms with Crippen molar-refractivity contribution in [1.29, 1.82) is 0 Å². The zero-order chi connectivity index (χ0) is 15.2. The van der Waals surface area contributed by atoms with E-state index in [1.165, 1.54) is 18.2 Å². The van der Waals surface area contributed by atoms with Crippen molar-refractivity contribution in [1.82, 2.24) is 0 Å². The van der Waals surface area contributed by atoms with Gasteiger partial charge in [0.25, 0.3) is 5.91 Å². The van der Waals surface area contributed by atoms with E-state index in [4.69, 9.17) is 16.2 Å². The maximum absolute atomic E-state index is 11.8. The van der Waals surface area contributed by atoms with Crippen LogP contribution in [0.3, 0.4) is 0 Å². The molecule has 0 aliphatic rings. The molecule has 5 N–H and O–H groups in total. The Hall–Kier alpha value is -3.02. The highest BCUT2D eigenvalue weighted by Crippen LogP contribution is 2.14. The highest BCUT2D eigenvalue weighted by Gasteiger charge is 2.11. The predicted molar refractivity (Wildman–Crippen MR) is 80.6 cm³/mol. The summed E-state index contributed by atoms with van der Waals surface area (Å²) in [6.07, 6.45) is 0. The maximum Gasteiger partial charge on any atom is 0.338 e. The lowest BCUT2D eigenvalue weighted by Gasteiger charge is -2.07. The lowest BCUT2D eigenvalue weighted by Crippen LogP contribution is -2.21. The third-order valence-corrected chi connectivity index (χ3v) is 2.61. The fourth-order valence-electron chi connectivity index (χ4n) is 1.73. The van der Waals surface area contributed by atoms with Crippen molar-refractivity contribution < 1.29 is 14.3 Å². The van der Waals surface area contributed by atoms with Crippen LogP contribution in [0.2, 0.25) is 0 Å². The first-order valence-electron chi connectivity index (χ1n) is 6.22. The van der Waals surface area contributed by atoms with Crippen LogP contribution < -0.4 is 16.8 Å². The Morgan fingerprint density at radius 3 is 2.24 bits per heavy atom. The van der Waals surface area contributed by atoms with Gasteiger partial charge < -0.3 is 21.5 Å². The number of hydrogen-bond acceptors (Lipinski definition) is 5. The summed E-state index contributed by atoms with van der Waals surface area (Å²) in [7, 11) is 0. The van der Waals surface area contributed by atoms with Crippen molar-refractivity contribution >= 4 is 28.9 Å².